The first-order chi connectivity index (χ1) is 6.97. The van der Waals surface area contributed by atoms with E-state index in [2.05, 4.69) is 5.32 Å². The highest BCUT2D eigenvalue weighted by Gasteiger charge is 2.33. The van der Waals surface area contributed by atoms with E-state index in [9.17, 15) is 8.42 Å². The second kappa shape index (κ2) is 3.50. The number of sulfone groups is 1. The fourth-order valence-electron chi connectivity index (χ4n) is 1.39. The Kier molecular flexibility index (Phi) is 2.44. The maximum Gasteiger partial charge on any atom is 0.175 e. The Bertz CT molecular complexity index is 453. The van der Waals surface area contributed by atoms with Gasteiger partial charge in [-0.05, 0) is 30.7 Å². The van der Waals surface area contributed by atoms with Gasteiger partial charge in [0.2, 0.25) is 0 Å². The number of hydrogen-bond donors (Lipinski definition) is 2. The predicted molar refractivity (Wildman–Crippen MR) is 59.6 cm³/mol. The van der Waals surface area contributed by atoms with Crippen LogP contribution in [0.4, 0.5) is 5.69 Å². The van der Waals surface area contributed by atoms with E-state index in [1.165, 1.54) is 6.26 Å². The largest absolute Gasteiger partial charge is 0.381 e. The van der Waals surface area contributed by atoms with Gasteiger partial charge >= 0.3 is 0 Å². The van der Waals surface area contributed by atoms with Gasteiger partial charge in [0, 0.05) is 24.0 Å². The standard InChI is InChI=1S/C10H14N2O2S/c1-15(13,14)8-4-2-7(3-5-8)12-10-6-9(10)11/h2-5,9-10,12H,6,11H2,1H3. The normalized spacial score (nSPS) is 24.9. The number of rotatable bonds is 3. The smallest absolute Gasteiger partial charge is 0.175 e. The highest BCUT2D eigenvalue weighted by molar-refractivity contribution is 7.90. The Morgan fingerprint density at radius 2 is 1.87 bits per heavy atom. The molecule has 1 saturated carbocycles. The van der Waals surface area contributed by atoms with Crippen LogP contribution < -0.4 is 11.1 Å². The van der Waals surface area contributed by atoms with Crippen molar-refractivity contribution in [2.45, 2.75) is 23.4 Å². The summed E-state index contributed by atoms with van der Waals surface area (Å²) in [6.45, 7) is 0. The van der Waals surface area contributed by atoms with Crippen molar-refractivity contribution in [3.63, 3.8) is 0 Å². The molecule has 1 aromatic carbocycles. The van der Waals surface area contributed by atoms with Crippen LogP contribution in [-0.4, -0.2) is 26.8 Å². The van der Waals surface area contributed by atoms with Gasteiger partial charge in [-0.2, -0.15) is 0 Å². The van der Waals surface area contributed by atoms with Gasteiger partial charge < -0.3 is 11.1 Å². The Balaban J connectivity index is 2.10. The molecule has 1 aliphatic rings. The summed E-state index contributed by atoms with van der Waals surface area (Å²) >= 11 is 0. The summed E-state index contributed by atoms with van der Waals surface area (Å²) in [5, 5.41) is 3.22. The zero-order valence-electron chi connectivity index (χ0n) is 8.47. The third kappa shape index (κ3) is 2.49. The fourth-order valence-corrected chi connectivity index (χ4v) is 2.02. The lowest BCUT2D eigenvalue weighted by molar-refractivity contribution is 0.602. The van der Waals surface area contributed by atoms with E-state index in [0.29, 0.717) is 10.9 Å². The summed E-state index contributed by atoms with van der Waals surface area (Å²) in [7, 11) is -3.10. The lowest BCUT2D eigenvalue weighted by atomic mass is 10.3. The fraction of sp³-hybridized carbons (Fsp3) is 0.400. The number of nitrogens with two attached hydrogens (primary N) is 1. The Morgan fingerprint density at radius 1 is 1.33 bits per heavy atom. The summed E-state index contributed by atoms with van der Waals surface area (Å²) in [6.07, 6.45) is 2.18. The molecule has 1 aromatic rings. The van der Waals surface area contributed by atoms with E-state index < -0.39 is 9.84 Å². The molecule has 0 bridgehead atoms. The van der Waals surface area contributed by atoms with Crippen molar-refractivity contribution in [3.8, 4) is 0 Å². The summed E-state index contributed by atoms with van der Waals surface area (Å²) in [5.74, 6) is 0. The second-order valence-corrected chi connectivity index (χ2v) is 5.96. The summed E-state index contributed by atoms with van der Waals surface area (Å²) < 4.78 is 22.4. The zero-order valence-corrected chi connectivity index (χ0v) is 9.29. The van der Waals surface area contributed by atoms with Crippen molar-refractivity contribution in [1.82, 2.24) is 0 Å². The topological polar surface area (TPSA) is 72.2 Å². The molecule has 0 radical (unpaired) electrons. The van der Waals surface area contributed by atoms with Gasteiger partial charge in [-0.25, -0.2) is 8.42 Å². The third-order valence-corrected chi connectivity index (χ3v) is 3.60. The molecule has 0 heterocycles. The van der Waals surface area contributed by atoms with Crippen LogP contribution in [0.5, 0.6) is 0 Å². The van der Waals surface area contributed by atoms with E-state index >= 15 is 0 Å². The first-order valence-corrected chi connectivity index (χ1v) is 6.68. The minimum absolute atomic E-state index is 0.236. The molecular formula is C10H14N2O2S. The number of anilines is 1. The van der Waals surface area contributed by atoms with Crippen molar-refractivity contribution in [3.05, 3.63) is 24.3 Å². The second-order valence-electron chi connectivity index (χ2n) is 3.95. The Morgan fingerprint density at radius 3 is 2.27 bits per heavy atom. The first kappa shape index (κ1) is 10.4. The van der Waals surface area contributed by atoms with Crippen LogP contribution in [0.3, 0.4) is 0 Å². The highest BCUT2D eigenvalue weighted by Crippen LogP contribution is 2.24. The first-order valence-electron chi connectivity index (χ1n) is 4.79. The SMILES string of the molecule is CS(=O)(=O)c1ccc(NC2CC2N)cc1. The van der Waals surface area contributed by atoms with Crippen LogP contribution in [0.2, 0.25) is 0 Å². The molecule has 82 valence electrons. The molecule has 1 fully saturated rings. The molecule has 2 atom stereocenters. The molecule has 0 amide bonds. The van der Waals surface area contributed by atoms with E-state index in [0.717, 1.165) is 12.1 Å². The molecule has 1 aliphatic carbocycles. The van der Waals surface area contributed by atoms with Gasteiger partial charge in [0.25, 0.3) is 0 Å². The van der Waals surface area contributed by atoms with Crippen LogP contribution in [0.15, 0.2) is 29.2 Å². The van der Waals surface area contributed by atoms with Crippen LogP contribution in [0, 0.1) is 0 Å². The molecule has 3 N–H and O–H groups in total. The average molecular weight is 226 g/mol. The van der Waals surface area contributed by atoms with Crippen LogP contribution in [-0.2, 0) is 9.84 Å². The summed E-state index contributed by atoms with van der Waals surface area (Å²) in [5.41, 5.74) is 6.57. The quantitative estimate of drug-likeness (QED) is 0.791. The molecule has 2 rings (SSSR count). The van der Waals surface area contributed by atoms with Crippen molar-refractivity contribution >= 4 is 15.5 Å². The van der Waals surface area contributed by atoms with E-state index in [-0.39, 0.29) is 6.04 Å². The number of benzene rings is 1. The Labute approximate surface area is 89.4 Å². The van der Waals surface area contributed by atoms with E-state index in [4.69, 9.17) is 5.73 Å². The summed E-state index contributed by atoms with van der Waals surface area (Å²) in [4.78, 5) is 0.341. The van der Waals surface area contributed by atoms with Gasteiger partial charge in [-0.1, -0.05) is 0 Å². The molecular weight excluding hydrogens is 212 g/mol. The van der Waals surface area contributed by atoms with Gasteiger partial charge in [0.15, 0.2) is 9.84 Å². The third-order valence-electron chi connectivity index (χ3n) is 2.47. The van der Waals surface area contributed by atoms with Gasteiger partial charge in [0.1, 0.15) is 0 Å². The van der Waals surface area contributed by atoms with E-state index in [1.54, 1.807) is 24.3 Å². The van der Waals surface area contributed by atoms with Crippen molar-refractivity contribution < 1.29 is 8.42 Å². The highest BCUT2D eigenvalue weighted by atomic mass is 32.2. The maximum atomic E-state index is 11.2. The Hall–Kier alpha value is -1.07. The van der Waals surface area contributed by atoms with Crippen LogP contribution in [0.1, 0.15) is 6.42 Å². The molecule has 5 heteroatoms. The van der Waals surface area contributed by atoms with Crippen molar-refractivity contribution in [2.24, 2.45) is 5.73 Å². The minimum atomic E-state index is -3.10. The van der Waals surface area contributed by atoms with Gasteiger partial charge in [-0.15, -0.1) is 0 Å². The molecule has 0 aliphatic heterocycles. The van der Waals surface area contributed by atoms with Crippen molar-refractivity contribution in [1.29, 1.82) is 0 Å². The number of hydrogen-bond acceptors (Lipinski definition) is 4. The monoisotopic (exact) mass is 226 g/mol. The molecule has 15 heavy (non-hydrogen) atoms. The van der Waals surface area contributed by atoms with Crippen molar-refractivity contribution in [2.75, 3.05) is 11.6 Å². The molecule has 0 aromatic heterocycles. The maximum absolute atomic E-state index is 11.2. The van der Waals surface area contributed by atoms with Gasteiger partial charge in [0.05, 0.1) is 4.90 Å². The summed E-state index contributed by atoms with van der Waals surface area (Å²) in [6, 6.07) is 7.31. The lowest BCUT2D eigenvalue weighted by Crippen LogP contribution is -2.13. The predicted octanol–water partition coefficient (Wildman–Crippen LogP) is 0.602. The molecule has 4 nitrogen and oxygen atoms in total. The van der Waals surface area contributed by atoms with Crippen LogP contribution in [0.25, 0.3) is 0 Å². The molecule has 0 spiro atoms. The molecule has 2 unspecified atom stereocenters. The average Bonchev–Trinajstić information content (AvgIpc) is 2.81. The zero-order chi connectivity index (χ0) is 11.1. The van der Waals surface area contributed by atoms with Crippen LogP contribution >= 0.6 is 0 Å². The lowest BCUT2D eigenvalue weighted by Gasteiger charge is -2.05. The van der Waals surface area contributed by atoms with E-state index in [1.807, 2.05) is 0 Å². The minimum Gasteiger partial charge on any atom is -0.381 e. The molecule has 0 saturated heterocycles. The van der Waals surface area contributed by atoms with Gasteiger partial charge in [-0.3, -0.25) is 0 Å². The number of nitrogens with one attached hydrogen (secondary N) is 1.